The van der Waals surface area contributed by atoms with Crippen molar-refractivity contribution in [1.29, 1.82) is 0 Å². The van der Waals surface area contributed by atoms with E-state index in [0.29, 0.717) is 12.1 Å². The van der Waals surface area contributed by atoms with E-state index in [1.54, 1.807) is 0 Å². The Balaban J connectivity index is 1.48. The van der Waals surface area contributed by atoms with Crippen LogP contribution in [-0.4, -0.2) is 45.3 Å². The van der Waals surface area contributed by atoms with Gasteiger partial charge in [0, 0.05) is 37.9 Å². The molecule has 2 aliphatic heterocycles. The number of aryl methyl sites for hydroxylation is 1. The highest BCUT2D eigenvalue weighted by Crippen LogP contribution is 2.34. The minimum absolute atomic E-state index is 0.570. The molecule has 0 N–H and O–H groups in total. The van der Waals surface area contributed by atoms with Crippen LogP contribution < -0.4 is 4.90 Å². The van der Waals surface area contributed by atoms with E-state index in [1.165, 1.54) is 12.8 Å². The number of likely N-dealkylation sites (tertiary alicyclic amines) is 1. The molecule has 4 rings (SSSR count). The topological polar surface area (TPSA) is 45.2 Å². The monoisotopic (exact) mass is 295 g/mol. The van der Waals surface area contributed by atoms with Gasteiger partial charge in [0.25, 0.3) is 0 Å². The minimum atomic E-state index is 0.570. The maximum Gasteiger partial charge on any atom is 0.151 e. The lowest BCUT2D eigenvalue weighted by molar-refractivity contribution is 0.243. The molecule has 0 radical (unpaired) electrons. The van der Waals surface area contributed by atoms with Crippen LogP contribution >= 0.6 is 0 Å². The highest BCUT2D eigenvalue weighted by Gasteiger charge is 2.42. The predicted molar refractivity (Wildman–Crippen MR) is 85.6 cm³/mol. The van der Waals surface area contributed by atoms with E-state index in [2.05, 4.69) is 49.2 Å². The Morgan fingerprint density at radius 3 is 2.73 bits per heavy atom. The first-order valence-corrected chi connectivity index (χ1v) is 8.02. The van der Waals surface area contributed by atoms with Crippen LogP contribution in [0, 0.1) is 6.92 Å². The molecule has 2 fully saturated rings. The summed E-state index contributed by atoms with van der Waals surface area (Å²) in [7, 11) is 0. The van der Waals surface area contributed by atoms with Crippen molar-refractivity contribution in [2.45, 2.75) is 38.4 Å². The largest absolute Gasteiger partial charge is 0.350 e. The average molecular weight is 295 g/mol. The van der Waals surface area contributed by atoms with Crippen molar-refractivity contribution < 1.29 is 0 Å². The normalized spacial score (nSPS) is 24.7. The molecule has 4 heterocycles. The van der Waals surface area contributed by atoms with Crippen LogP contribution in [0.2, 0.25) is 0 Å². The summed E-state index contributed by atoms with van der Waals surface area (Å²) in [5.41, 5.74) is 2.14. The van der Waals surface area contributed by atoms with E-state index >= 15 is 0 Å². The number of hydrogen-bond acceptors (Lipinski definition) is 5. The predicted octanol–water partition coefficient (Wildman–Crippen LogP) is 2.03. The van der Waals surface area contributed by atoms with E-state index in [1.807, 2.05) is 19.2 Å². The van der Waals surface area contributed by atoms with Gasteiger partial charge < -0.3 is 4.90 Å². The molecule has 0 amide bonds. The lowest BCUT2D eigenvalue weighted by Crippen LogP contribution is -2.36. The molecule has 5 nitrogen and oxygen atoms in total. The summed E-state index contributed by atoms with van der Waals surface area (Å²) in [4.78, 5) is 9.48. The first-order valence-electron chi connectivity index (χ1n) is 8.02. The molecule has 5 heteroatoms. The standard InChI is InChI=1S/C17H21N5/c1-13-5-6-17(20-19-13)22-11-8-15-16(22)7-10-21(15)12-14-4-2-3-9-18-14/h2-6,9,15-16H,7-8,10-12H2,1H3. The Morgan fingerprint density at radius 1 is 1.05 bits per heavy atom. The van der Waals surface area contributed by atoms with Crippen molar-refractivity contribution in [1.82, 2.24) is 20.1 Å². The molecule has 2 unspecified atom stereocenters. The van der Waals surface area contributed by atoms with Gasteiger partial charge in [0.2, 0.25) is 0 Å². The molecule has 0 aliphatic carbocycles. The molecule has 2 aliphatic rings. The molecule has 2 aromatic rings. The summed E-state index contributed by atoms with van der Waals surface area (Å²) < 4.78 is 0. The molecule has 0 aromatic carbocycles. The first-order chi connectivity index (χ1) is 10.8. The second-order valence-electron chi connectivity index (χ2n) is 6.23. The smallest absolute Gasteiger partial charge is 0.151 e. The van der Waals surface area contributed by atoms with Crippen molar-refractivity contribution >= 4 is 5.82 Å². The summed E-state index contributed by atoms with van der Waals surface area (Å²) >= 11 is 0. The summed E-state index contributed by atoms with van der Waals surface area (Å²) in [5, 5.41) is 8.58. The molecule has 0 saturated carbocycles. The Kier molecular flexibility index (Phi) is 3.50. The number of hydrogen-bond donors (Lipinski definition) is 0. The number of aromatic nitrogens is 3. The Bertz CT molecular complexity index is 627. The number of rotatable bonds is 3. The lowest BCUT2D eigenvalue weighted by Gasteiger charge is -2.25. The van der Waals surface area contributed by atoms with Gasteiger partial charge in [0.15, 0.2) is 5.82 Å². The van der Waals surface area contributed by atoms with Crippen molar-refractivity contribution in [3.63, 3.8) is 0 Å². The molecule has 114 valence electrons. The Morgan fingerprint density at radius 2 is 1.95 bits per heavy atom. The number of nitrogens with zero attached hydrogens (tertiary/aromatic N) is 5. The van der Waals surface area contributed by atoms with Gasteiger partial charge in [-0.1, -0.05) is 6.07 Å². The van der Waals surface area contributed by atoms with Gasteiger partial charge in [-0.25, -0.2) is 0 Å². The van der Waals surface area contributed by atoms with Gasteiger partial charge in [-0.2, -0.15) is 5.10 Å². The number of fused-ring (bicyclic) bond motifs is 1. The third kappa shape index (κ3) is 2.46. The summed E-state index contributed by atoms with van der Waals surface area (Å²) in [5.74, 6) is 1.03. The van der Waals surface area contributed by atoms with E-state index in [4.69, 9.17) is 0 Å². The van der Waals surface area contributed by atoms with Crippen LogP contribution in [0.25, 0.3) is 0 Å². The third-order valence-electron chi connectivity index (χ3n) is 4.86. The van der Waals surface area contributed by atoms with Gasteiger partial charge in [-0.05, 0) is 44.0 Å². The molecule has 2 aromatic heterocycles. The van der Waals surface area contributed by atoms with Crippen LogP contribution in [0.1, 0.15) is 24.2 Å². The summed E-state index contributed by atoms with van der Waals surface area (Å²) in [6.45, 7) is 5.15. The fourth-order valence-corrected chi connectivity index (χ4v) is 3.80. The van der Waals surface area contributed by atoms with Gasteiger partial charge in [0.1, 0.15) is 0 Å². The fourth-order valence-electron chi connectivity index (χ4n) is 3.80. The van der Waals surface area contributed by atoms with E-state index in [-0.39, 0.29) is 0 Å². The molecule has 0 bridgehead atoms. The van der Waals surface area contributed by atoms with Gasteiger partial charge in [0.05, 0.1) is 11.4 Å². The molecular formula is C17H21N5. The van der Waals surface area contributed by atoms with Gasteiger partial charge in [-0.3, -0.25) is 9.88 Å². The molecule has 22 heavy (non-hydrogen) atoms. The van der Waals surface area contributed by atoms with Crippen LogP contribution in [0.3, 0.4) is 0 Å². The minimum Gasteiger partial charge on any atom is -0.350 e. The van der Waals surface area contributed by atoms with Crippen LogP contribution in [0.5, 0.6) is 0 Å². The highest BCUT2D eigenvalue weighted by molar-refractivity contribution is 5.42. The Hall–Kier alpha value is -2.01. The molecule has 2 saturated heterocycles. The Labute approximate surface area is 131 Å². The maximum absolute atomic E-state index is 4.47. The highest BCUT2D eigenvalue weighted by atomic mass is 15.4. The maximum atomic E-state index is 4.47. The summed E-state index contributed by atoms with van der Waals surface area (Å²) in [6, 6.07) is 11.5. The van der Waals surface area contributed by atoms with Gasteiger partial charge >= 0.3 is 0 Å². The van der Waals surface area contributed by atoms with Gasteiger partial charge in [-0.15, -0.1) is 5.10 Å². The zero-order valence-corrected chi connectivity index (χ0v) is 12.9. The summed E-state index contributed by atoms with van der Waals surface area (Å²) in [6.07, 6.45) is 4.28. The van der Waals surface area contributed by atoms with Crippen LogP contribution in [0.4, 0.5) is 5.82 Å². The first kappa shape index (κ1) is 13.6. The zero-order valence-electron chi connectivity index (χ0n) is 12.9. The van der Waals surface area contributed by atoms with Crippen molar-refractivity contribution in [2.75, 3.05) is 18.0 Å². The van der Waals surface area contributed by atoms with E-state index in [9.17, 15) is 0 Å². The third-order valence-corrected chi connectivity index (χ3v) is 4.86. The SMILES string of the molecule is Cc1ccc(N2CCC3C2CCN3Cc2ccccn2)nn1. The molecule has 0 spiro atoms. The average Bonchev–Trinajstić information content (AvgIpc) is 3.13. The second-order valence-corrected chi connectivity index (χ2v) is 6.23. The van der Waals surface area contributed by atoms with Crippen molar-refractivity contribution in [3.05, 3.63) is 47.9 Å². The van der Waals surface area contributed by atoms with Crippen LogP contribution in [-0.2, 0) is 6.54 Å². The number of pyridine rings is 1. The van der Waals surface area contributed by atoms with E-state index < -0.39 is 0 Å². The lowest BCUT2D eigenvalue weighted by atomic mass is 10.1. The zero-order chi connectivity index (χ0) is 14.9. The quantitative estimate of drug-likeness (QED) is 0.867. The number of anilines is 1. The van der Waals surface area contributed by atoms with Crippen molar-refractivity contribution in [3.8, 4) is 0 Å². The molecule has 2 atom stereocenters. The molecular weight excluding hydrogens is 274 g/mol. The second kappa shape index (κ2) is 5.65. The van der Waals surface area contributed by atoms with Crippen LogP contribution in [0.15, 0.2) is 36.5 Å². The van der Waals surface area contributed by atoms with E-state index in [0.717, 1.165) is 36.8 Å². The fraction of sp³-hybridized carbons (Fsp3) is 0.471. The van der Waals surface area contributed by atoms with Crippen molar-refractivity contribution in [2.24, 2.45) is 0 Å².